The minimum absolute atomic E-state index is 0.0803. The van der Waals surface area contributed by atoms with Gasteiger partial charge in [0, 0.05) is 44.8 Å². The van der Waals surface area contributed by atoms with Crippen LogP contribution in [0.15, 0.2) is 41.6 Å². The number of ether oxygens (including phenoxy) is 2. The van der Waals surface area contributed by atoms with Crippen LogP contribution in [0.2, 0.25) is 5.02 Å². The van der Waals surface area contributed by atoms with Gasteiger partial charge in [0.25, 0.3) is 0 Å². The normalized spacial score (nSPS) is 16.3. The van der Waals surface area contributed by atoms with E-state index in [2.05, 4.69) is 14.7 Å². The van der Waals surface area contributed by atoms with E-state index < -0.39 is 34.0 Å². The first-order valence-electron chi connectivity index (χ1n) is 12.5. The molecule has 1 aliphatic heterocycles. The fraction of sp³-hybridized carbons (Fsp3) is 0.385. The summed E-state index contributed by atoms with van der Waals surface area (Å²) in [5, 5.41) is 1.63. The second-order valence-electron chi connectivity index (χ2n) is 9.42. The summed E-state index contributed by atoms with van der Waals surface area (Å²) in [4.78, 5) is 37.6. The average molecular weight is 591 g/mol. The first-order valence-corrected chi connectivity index (χ1v) is 14.4. The summed E-state index contributed by atoms with van der Waals surface area (Å²) in [6, 6.07) is 4.53. The Morgan fingerprint density at radius 3 is 2.70 bits per heavy atom. The van der Waals surface area contributed by atoms with Gasteiger partial charge in [-0.1, -0.05) is 11.6 Å². The predicted octanol–water partition coefficient (Wildman–Crippen LogP) is 1.99. The minimum Gasteiger partial charge on any atom is -0.496 e. The van der Waals surface area contributed by atoms with Gasteiger partial charge in [0.2, 0.25) is 15.9 Å². The largest absolute Gasteiger partial charge is 0.496 e. The van der Waals surface area contributed by atoms with Crippen molar-refractivity contribution >= 4 is 55.9 Å². The molecule has 1 saturated heterocycles. The van der Waals surface area contributed by atoms with E-state index in [9.17, 15) is 18.0 Å². The Hall–Kier alpha value is -3.68. The van der Waals surface area contributed by atoms with E-state index in [1.165, 1.54) is 24.3 Å². The lowest BCUT2D eigenvalue weighted by Crippen LogP contribution is -2.48. The third-order valence-electron chi connectivity index (χ3n) is 6.61. The molecule has 0 saturated carbocycles. The zero-order chi connectivity index (χ0) is 29.2. The molecule has 1 aromatic carbocycles. The number of anilines is 2. The van der Waals surface area contributed by atoms with Crippen LogP contribution in [0.3, 0.4) is 0 Å². The molecular formula is C26H31ClN6O6S. The number of hydrogen-bond acceptors (Lipinski definition) is 10. The van der Waals surface area contributed by atoms with Gasteiger partial charge in [-0.2, -0.15) is 4.72 Å². The second-order valence-corrected chi connectivity index (χ2v) is 11.5. The monoisotopic (exact) mass is 590 g/mol. The highest BCUT2D eigenvalue weighted by Crippen LogP contribution is 2.31. The van der Waals surface area contributed by atoms with E-state index in [1.807, 2.05) is 6.07 Å². The van der Waals surface area contributed by atoms with E-state index in [4.69, 9.17) is 26.8 Å². The standard InChI is InChI=1S/C26H31ClN6O6S/c1-5-39-26(35)21(11-16-10-15-6-8-29-23(28)18(15)13-22(16)38-4)33-9-7-20(25(33)34)31-40(36,37)17-12-19(27)24(30-14-17)32(2)3/h6,8,10,12-14,20-21,31H,5,7,9,11H2,1-4H3,(H2,28,29)/t20-,21+/m0/s1. The Morgan fingerprint density at radius 1 is 1.30 bits per heavy atom. The SMILES string of the molecule is CCOC(=O)[C@@H](Cc1cc2ccnc(N)c2cc1OC)N1CC[C@H](NS(=O)(=O)c2cnc(N(C)C)c(Cl)c2)C1=O. The van der Waals surface area contributed by atoms with Gasteiger partial charge in [-0.3, -0.25) is 4.79 Å². The second kappa shape index (κ2) is 11.8. The van der Waals surface area contributed by atoms with Gasteiger partial charge >= 0.3 is 5.97 Å². The van der Waals surface area contributed by atoms with Crippen molar-refractivity contribution < 1.29 is 27.5 Å². The van der Waals surface area contributed by atoms with Crippen LogP contribution in [0.4, 0.5) is 11.6 Å². The number of aromatic nitrogens is 2. The van der Waals surface area contributed by atoms with Crippen LogP contribution in [0.1, 0.15) is 18.9 Å². The number of nitrogen functional groups attached to an aromatic ring is 1. The van der Waals surface area contributed by atoms with Crippen LogP contribution < -0.4 is 20.1 Å². The number of carbonyl (C=O) groups excluding carboxylic acids is 2. The first-order chi connectivity index (χ1) is 19.0. The topological polar surface area (TPSA) is 157 Å². The number of fused-ring (bicyclic) bond motifs is 1. The summed E-state index contributed by atoms with van der Waals surface area (Å²) in [6.07, 6.45) is 2.99. The maximum absolute atomic E-state index is 13.5. The van der Waals surface area contributed by atoms with Gasteiger partial charge in [0.05, 0.1) is 18.7 Å². The molecule has 1 aliphatic rings. The summed E-state index contributed by atoms with van der Waals surface area (Å²) in [7, 11) is 0.816. The predicted molar refractivity (Wildman–Crippen MR) is 151 cm³/mol. The van der Waals surface area contributed by atoms with Gasteiger partial charge in [-0.25, -0.2) is 23.2 Å². The van der Waals surface area contributed by atoms with E-state index in [-0.39, 0.29) is 35.9 Å². The molecule has 1 fully saturated rings. The molecule has 0 bridgehead atoms. The highest BCUT2D eigenvalue weighted by molar-refractivity contribution is 7.89. The number of benzene rings is 1. The maximum atomic E-state index is 13.5. The molecule has 14 heteroatoms. The van der Waals surface area contributed by atoms with Crippen molar-refractivity contribution in [3.05, 3.63) is 47.2 Å². The molecule has 0 aliphatic carbocycles. The Kier molecular flexibility index (Phi) is 8.66. The quantitative estimate of drug-likeness (QED) is 0.335. The fourth-order valence-corrected chi connectivity index (χ4v) is 6.25. The van der Waals surface area contributed by atoms with Crippen molar-refractivity contribution in [1.82, 2.24) is 19.6 Å². The number of sulfonamides is 1. The minimum atomic E-state index is -4.14. The van der Waals surface area contributed by atoms with Gasteiger partial charge in [-0.05, 0) is 48.6 Å². The smallest absolute Gasteiger partial charge is 0.329 e. The van der Waals surface area contributed by atoms with Crippen molar-refractivity contribution in [3.8, 4) is 5.75 Å². The van der Waals surface area contributed by atoms with E-state index in [0.717, 1.165) is 5.39 Å². The average Bonchev–Trinajstić information content (AvgIpc) is 3.25. The van der Waals surface area contributed by atoms with Crippen LogP contribution in [-0.2, 0) is 30.8 Å². The molecule has 12 nitrogen and oxygen atoms in total. The van der Waals surface area contributed by atoms with Crippen molar-refractivity contribution in [2.75, 3.05) is 45.0 Å². The number of likely N-dealkylation sites (tertiary alicyclic amines) is 1. The summed E-state index contributed by atoms with van der Waals surface area (Å²) in [6.45, 7) is 1.92. The lowest BCUT2D eigenvalue weighted by Gasteiger charge is -2.27. The molecule has 0 unspecified atom stereocenters. The number of amides is 1. The number of pyridine rings is 2. The van der Waals surface area contributed by atoms with E-state index in [1.54, 1.807) is 44.2 Å². The van der Waals surface area contributed by atoms with Crippen LogP contribution >= 0.6 is 11.6 Å². The molecule has 214 valence electrons. The van der Waals surface area contributed by atoms with E-state index >= 15 is 0 Å². The Labute approximate surface area is 237 Å². The number of methoxy groups -OCH3 is 1. The van der Waals surface area contributed by atoms with Gasteiger partial charge < -0.3 is 25.0 Å². The summed E-state index contributed by atoms with van der Waals surface area (Å²) in [5.41, 5.74) is 6.66. The highest BCUT2D eigenvalue weighted by Gasteiger charge is 2.42. The lowest BCUT2D eigenvalue weighted by atomic mass is 10.00. The molecule has 2 atom stereocenters. The molecule has 3 aromatic rings. The number of nitrogens with two attached hydrogens (primary N) is 1. The number of hydrogen-bond donors (Lipinski definition) is 2. The number of rotatable bonds is 10. The maximum Gasteiger partial charge on any atom is 0.329 e. The number of nitrogens with one attached hydrogen (secondary N) is 1. The Balaban J connectivity index is 1.60. The molecule has 4 rings (SSSR count). The number of carbonyl (C=O) groups is 2. The molecule has 2 aromatic heterocycles. The summed E-state index contributed by atoms with van der Waals surface area (Å²) in [5.74, 6) is 0.0619. The number of nitrogens with zero attached hydrogens (tertiary/aromatic N) is 4. The molecular weight excluding hydrogens is 560 g/mol. The lowest BCUT2D eigenvalue weighted by molar-refractivity contribution is -0.153. The first kappa shape index (κ1) is 29.3. The van der Waals surface area contributed by atoms with Crippen LogP contribution in [-0.4, -0.2) is 81.6 Å². The fourth-order valence-electron chi connectivity index (χ4n) is 4.65. The molecule has 0 spiro atoms. The third kappa shape index (κ3) is 5.91. The Bertz CT molecular complexity index is 1550. The van der Waals surface area contributed by atoms with Crippen molar-refractivity contribution in [2.45, 2.75) is 36.7 Å². The summed E-state index contributed by atoms with van der Waals surface area (Å²) < 4.78 is 39.5. The number of esters is 1. The zero-order valence-corrected chi connectivity index (χ0v) is 24.1. The number of halogens is 1. The van der Waals surface area contributed by atoms with Crippen molar-refractivity contribution in [2.24, 2.45) is 0 Å². The van der Waals surface area contributed by atoms with Crippen molar-refractivity contribution in [3.63, 3.8) is 0 Å². The molecule has 0 radical (unpaired) electrons. The van der Waals surface area contributed by atoms with Crippen LogP contribution in [0.25, 0.3) is 10.8 Å². The molecule has 3 N–H and O–H groups in total. The van der Waals surface area contributed by atoms with E-state index in [0.29, 0.717) is 28.3 Å². The van der Waals surface area contributed by atoms with Crippen LogP contribution in [0, 0.1) is 0 Å². The zero-order valence-electron chi connectivity index (χ0n) is 22.5. The van der Waals surface area contributed by atoms with Gasteiger partial charge in [0.1, 0.15) is 34.4 Å². The third-order valence-corrected chi connectivity index (χ3v) is 8.33. The molecule has 40 heavy (non-hydrogen) atoms. The summed E-state index contributed by atoms with van der Waals surface area (Å²) >= 11 is 6.21. The Morgan fingerprint density at radius 2 is 2.05 bits per heavy atom. The highest BCUT2D eigenvalue weighted by atomic mass is 35.5. The van der Waals surface area contributed by atoms with Gasteiger partial charge in [-0.15, -0.1) is 0 Å². The van der Waals surface area contributed by atoms with Gasteiger partial charge in [0.15, 0.2) is 0 Å². The molecule has 3 heterocycles. The van der Waals surface area contributed by atoms with Crippen molar-refractivity contribution in [1.29, 1.82) is 0 Å². The molecule has 1 amide bonds. The van der Waals surface area contributed by atoms with Crippen LogP contribution in [0.5, 0.6) is 5.75 Å².